The van der Waals surface area contributed by atoms with Crippen molar-refractivity contribution in [3.8, 4) is 5.75 Å². The Morgan fingerprint density at radius 1 is 1.37 bits per heavy atom. The van der Waals surface area contributed by atoms with Crippen molar-refractivity contribution >= 4 is 30.1 Å². The summed E-state index contributed by atoms with van der Waals surface area (Å²) in [6.07, 6.45) is -5.93. The Hall–Kier alpha value is -2.48. The summed E-state index contributed by atoms with van der Waals surface area (Å²) in [5.41, 5.74) is -4.25. The summed E-state index contributed by atoms with van der Waals surface area (Å²) in [6.45, 7) is 2.31. The molecular weight excluding hydrogens is 556 g/mol. The zero-order valence-corrected chi connectivity index (χ0v) is 21.1. The quantitative estimate of drug-likeness (QED) is 0.265. The van der Waals surface area contributed by atoms with Gasteiger partial charge >= 0.3 is 19.8 Å². The Kier molecular flexibility index (Phi) is 8.57. The molecule has 0 spiro atoms. The largest absolute Gasteiger partial charge is 0.583 e. The third kappa shape index (κ3) is 6.21. The van der Waals surface area contributed by atoms with Crippen LogP contribution in [0.25, 0.3) is 0 Å². The van der Waals surface area contributed by atoms with Crippen LogP contribution in [0.5, 0.6) is 5.75 Å². The molecule has 1 fully saturated rings. The van der Waals surface area contributed by atoms with Crippen molar-refractivity contribution in [3.05, 3.63) is 61.8 Å². The van der Waals surface area contributed by atoms with Gasteiger partial charge in [-0.3, -0.25) is 14.3 Å². The van der Waals surface area contributed by atoms with Gasteiger partial charge in [0.05, 0.1) is 7.11 Å². The summed E-state index contributed by atoms with van der Waals surface area (Å²) >= 11 is 3.27. The summed E-state index contributed by atoms with van der Waals surface area (Å²) < 4.78 is 42.0. The van der Waals surface area contributed by atoms with Gasteiger partial charge in [0.1, 0.15) is 11.9 Å². The van der Waals surface area contributed by atoms with E-state index >= 15 is 4.39 Å². The molecule has 0 amide bonds. The maximum absolute atomic E-state index is 15.6. The van der Waals surface area contributed by atoms with Gasteiger partial charge in [0.15, 0.2) is 24.0 Å². The number of alkyl halides is 1. The van der Waals surface area contributed by atoms with Crippen LogP contribution in [0.15, 0.2) is 55.3 Å². The van der Waals surface area contributed by atoms with Gasteiger partial charge in [-0.1, -0.05) is 20.7 Å². The topological polar surface area (TPSA) is 164 Å². The van der Waals surface area contributed by atoms with Crippen molar-refractivity contribution in [1.82, 2.24) is 9.55 Å². The second-order valence-corrected chi connectivity index (χ2v) is 9.50. The summed E-state index contributed by atoms with van der Waals surface area (Å²) in [5, 5.41) is 10.8. The molecule has 12 nitrogen and oxygen atoms in total. The van der Waals surface area contributed by atoms with Crippen LogP contribution in [0, 0.1) is 0 Å². The Morgan fingerprint density at radius 2 is 2.03 bits per heavy atom. The first-order valence-electron chi connectivity index (χ1n) is 10.1. The number of hydrogen-bond donors (Lipinski definition) is 2. The van der Waals surface area contributed by atoms with Crippen molar-refractivity contribution < 1.29 is 37.9 Å². The number of esters is 1. The van der Waals surface area contributed by atoms with Gasteiger partial charge < -0.3 is 24.2 Å². The van der Waals surface area contributed by atoms with Crippen LogP contribution in [0.4, 0.5) is 4.39 Å². The maximum atomic E-state index is 15.6. The molecule has 15 heteroatoms. The molecule has 190 valence electrons. The molecular formula is C20H22BrFN3O9P. The van der Waals surface area contributed by atoms with Crippen molar-refractivity contribution in [2.24, 2.45) is 4.74 Å². The highest BCUT2D eigenvalue weighted by atomic mass is 79.9. The number of rotatable bonds is 8. The summed E-state index contributed by atoms with van der Waals surface area (Å²) in [6, 6.07) is 6.12. The van der Waals surface area contributed by atoms with Crippen LogP contribution >= 0.6 is 24.1 Å². The highest BCUT2D eigenvalue weighted by Crippen LogP contribution is 2.43. The van der Waals surface area contributed by atoms with Crippen LogP contribution in [0.2, 0.25) is 0 Å². The lowest BCUT2D eigenvalue weighted by molar-refractivity contribution is -0.206. The highest BCUT2D eigenvalue weighted by Gasteiger charge is 2.59. The second kappa shape index (κ2) is 11.1. The summed E-state index contributed by atoms with van der Waals surface area (Å²) in [5.74, 6) is -0.586. The Balaban J connectivity index is 1.95. The van der Waals surface area contributed by atoms with Gasteiger partial charge in [0.2, 0.25) is 0 Å². The molecule has 2 heterocycles. The van der Waals surface area contributed by atoms with Crippen LogP contribution in [0.3, 0.4) is 0 Å². The molecule has 2 N–H and O–H groups in total. The van der Waals surface area contributed by atoms with Gasteiger partial charge in [-0.2, -0.15) is 0 Å². The number of halogens is 2. The predicted molar refractivity (Wildman–Crippen MR) is 121 cm³/mol. The number of aromatic amines is 1. The molecule has 0 saturated carbocycles. The van der Waals surface area contributed by atoms with E-state index in [1.165, 1.54) is 19.1 Å². The van der Waals surface area contributed by atoms with Crippen LogP contribution in [-0.4, -0.2) is 57.9 Å². The molecule has 1 saturated heterocycles. The fraction of sp³-hybridized carbons (Fsp3) is 0.450. The van der Waals surface area contributed by atoms with Gasteiger partial charge in [0, 0.05) is 16.7 Å². The normalized spacial score (nSPS) is 26.3. The standard InChI is InChI=1S/C20H22BrFN3O9P/c1-10(16(28)31-3)24-35(30)34-17(32-12-6-4-11(21)5-7-12)14-15(27)20(2,22)18(33-14)25-9-8-13(26)23-19(25)29/h4-10,14-15,17-18,27H,1-3H3,(H,23,26,29)/t10?,14-,15-,17?,18-,20-/m1/s1. The number of hydrogen-bond acceptors (Lipinski definition) is 10. The number of nitrogens with zero attached hydrogens (tertiary/aromatic N) is 2. The lowest BCUT2D eigenvalue weighted by Gasteiger charge is -2.25. The predicted octanol–water partition coefficient (Wildman–Crippen LogP) is 1.12. The number of benzene rings is 1. The van der Waals surface area contributed by atoms with Crippen molar-refractivity contribution in [2.45, 2.75) is 50.3 Å². The average Bonchev–Trinajstić information content (AvgIpc) is 3.03. The van der Waals surface area contributed by atoms with Crippen LogP contribution in [-0.2, 0) is 18.8 Å². The van der Waals surface area contributed by atoms with Gasteiger partial charge in [-0.25, -0.2) is 14.0 Å². The van der Waals surface area contributed by atoms with Gasteiger partial charge in [0.25, 0.3) is 11.8 Å². The average molecular weight is 578 g/mol. The van der Waals surface area contributed by atoms with E-state index < -0.39 is 61.8 Å². The molecule has 1 aromatic heterocycles. The lowest BCUT2D eigenvalue weighted by atomic mass is 9.98. The number of ether oxygens (including phenoxy) is 3. The molecule has 1 aliphatic rings. The minimum absolute atomic E-state index is 0.184. The minimum Gasteiger partial charge on any atom is -0.583 e. The number of aliphatic hydroxyl groups excluding tert-OH is 1. The third-order valence-corrected chi connectivity index (χ3v) is 6.55. The SMILES string of the molecule is COC(=O)C(C)N=[P+]([O-])OC(Oc1ccc(Br)cc1)[C@@H]1O[C@@H](n2ccc(=O)[nH]c2=O)[C@](C)(F)[C@@H]1O. The number of methoxy groups -OCH3 is 1. The molecule has 35 heavy (non-hydrogen) atoms. The van der Waals surface area contributed by atoms with Crippen LogP contribution < -0.4 is 20.9 Å². The Labute approximate surface area is 207 Å². The molecule has 7 atom stereocenters. The highest BCUT2D eigenvalue weighted by molar-refractivity contribution is 9.10. The molecule has 0 radical (unpaired) electrons. The molecule has 1 aromatic carbocycles. The minimum atomic E-state index is -2.93. The zero-order valence-electron chi connectivity index (χ0n) is 18.7. The second-order valence-electron chi connectivity index (χ2n) is 7.66. The van der Waals surface area contributed by atoms with E-state index in [0.29, 0.717) is 0 Å². The number of H-pyrrole nitrogens is 1. The van der Waals surface area contributed by atoms with E-state index in [1.807, 2.05) is 4.98 Å². The van der Waals surface area contributed by atoms with E-state index in [1.54, 1.807) is 12.1 Å². The number of carbonyl (C=O) groups is 1. The first-order chi connectivity index (χ1) is 16.4. The van der Waals surface area contributed by atoms with Crippen LogP contribution in [0.1, 0.15) is 20.1 Å². The molecule has 2 aromatic rings. The zero-order chi connectivity index (χ0) is 25.9. The summed E-state index contributed by atoms with van der Waals surface area (Å²) in [7, 11) is -1.80. The van der Waals surface area contributed by atoms with Crippen molar-refractivity contribution in [1.29, 1.82) is 0 Å². The van der Waals surface area contributed by atoms with E-state index in [0.717, 1.165) is 35.3 Å². The Morgan fingerprint density at radius 3 is 2.63 bits per heavy atom. The summed E-state index contributed by atoms with van der Waals surface area (Å²) in [4.78, 5) is 49.7. The lowest BCUT2D eigenvalue weighted by Crippen LogP contribution is -2.46. The smallest absolute Gasteiger partial charge is 0.346 e. The van der Waals surface area contributed by atoms with E-state index in [-0.39, 0.29) is 5.75 Å². The number of nitrogens with one attached hydrogen (secondary N) is 1. The Bertz CT molecular complexity index is 1200. The number of carbonyl (C=O) groups excluding carboxylic acids is 1. The molecule has 0 aliphatic carbocycles. The van der Waals surface area contributed by atoms with Crippen molar-refractivity contribution in [2.75, 3.05) is 7.11 Å². The fourth-order valence-electron chi connectivity index (χ4n) is 3.26. The first kappa shape index (κ1) is 27.1. The fourth-order valence-corrected chi connectivity index (χ4v) is 4.29. The molecule has 1 aliphatic heterocycles. The van der Waals surface area contributed by atoms with E-state index in [4.69, 9.17) is 14.0 Å². The van der Waals surface area contributed by atoms with E-state index in [2.05, 4.69) is 25.4 Å². The van der Waals surface area contributed by atoms with E-state index in [9.17, 15) is 24.4 Å². The number of aliphatic hydroxyl groups is 1. The number of aromatic nitrogens is 2. The molecule has 3 rings (SSSR count). The molecule has 3 unspecified atom stereocenters. The maximum Gasteiger partial charge on any atom is 0.346 e. The monoisotopic (exact) mass is 577 g/mol. The molecule has 0 bridgehead atoms. The van der Waals surface area contributed by atoms with Gasteiger partial charge in [-0.05, 0) is 38.1 Å². The van der Waals surface area contributed by atoms with Gasteiger partial charge in [-0.15, -0.1) is 4.52 Å². The first-order valence-corrected chi connectivity index (χ1v) is 12.0. The van der Waals surface area contributed by atoms with Crippen molar-refractivity contribution in [3.63, 3.8) is 0 Å². The third-order valence-electron chi connectivity index (χ3n) is 5.10.